The number of hydrogen-bond donors (Lipinski definition) is 2. The van der Waals surface area contributed by atoms with Crippen LogP contribution in [0, 0.1) is 17.8 Å². The zero-order valence-corrected chi connectivity index (χ0v) is 23.3. The number of thiol groups is 1. The van der Waals surface area contributed by atoms with E-state index in [0.29, 0.717) is 11.8 Å². The van der Waals surface area contributed by atoms with Crippen LogP contribution in [-0.2, 0) is 28.8 Å². The summed E-state index contributed by atoms with van der Waals surface area (Å²) >= 11 is 5.62. The lowest BCUT2D eigenvalue weighted by Gasteiger charge is -2.17. The molecule has 1 aromatic carbocycles. The first-order valence-corrected chi connectivity index (χ1v) is 13.9. The Morgan fingerprint density at radius 1 is 0.811 bits per heavy atom. The third kappa shape index (κ3) is 12.1. The highest BCUT2D eigenvalue weighted by Gasteiger charge is 2.28. The summed E-state index contributed by atoms with van der Waals surface area (Å²) < 4.78 is 5.44. The molecule has 0 saturated carbocycles. The summed E-state index contributed by atoms with van der Waals surface area (Å²) in [7, 11) is 0. The second-order valence-electron chi connectivity index (χ2n) is 8.48. The number of carbonyl (C=O) groups excluding carboxylic acids is 6. The minimum Gasteiger partial charge on any atom is -0.481 e. The number of ether oxygens (including phenoxy) is 1. The summed E-state index contributed by atoms with van der Waals surface area (Å²) in [6, 6.07) is 5.89. The normalized spacial score (nSPS) is 13.2. The van der Waals surface area contributed by atoms with Gasteiger partial charge in [0.25, 0.3) is 0 Å². The molecule has 0 bridgehead atoms. The van der Waals surface area contributed by atoms with Crippen molar-refractivity contribution in [3.8, 4) is 5.75 Å². The first-order valence-electron chi connectivity index (χ1n) is 11.3. The lowest BCUT2D eigenvalue weighted by Crippen LogP contribution is -2.27. The minimum absolute atomic E-state index is 0.0229. The van der Waals surface area contributed by atoms with Crippen molar-refractivity contribution < 1.29 is 43.4 Å². The third-order valence-corrected chi connectivity index (χ3v) is 7.68. The number of rotatable bonds is 16. The number of Topliss-reactive ketones (excluding diaryl/α,β-unsaturated/α-hetero) is 3. The van der Waals surface area contributed by atoms with Crippen LogP contribution in [0.2, 0.25) is 0 Å². The fourth-order valence-corrected chi connectivity index (χ4v) is 5.54. The zero-order chi connectivity index (χ0) is 28.1. The van der Waals surface area contributed by atoms with Crippen LogP contribution >= 0.6 is 36.2 Å². The van der Waals surface area contributed by atoms with Crippen LogP contribution in [0.5, 0.6) is 5.75 Å². The molecule has 9 nitrogen and oxygen atoms in total. The van der Waals surface area contributed by atoms with Crippen LogP contribution in [0.25, 0.3) is 0 Å². The number of hydrogen-bond acceptors (Lipinski definition) is 11. The first-order chi connectivity index (χ1) is 17.3. The van der Waals surface area contributed by atoms with Gasteiger partial charge in [-0.1, -0.05) is 35.7 Å². The topological polar surface area (TPSA) is 149 Å². The lowest BCUT2D eigenvalue weighted by molar-refractivity contribution is -0.142. The Morgan fingerprint density at radius 3 is 1.86 bits per heavy atom. The van der Waals surface area contributed by atoms with Crippen LogP contribution in [0.15, 0.2) is 24.3 Å². The van der Waals surface area contributed by atoms with Gasteiger partial charge >= 0.3 is 11.9 Å². The van der Waals surface area contributed by atoms with Gasteiger partial charge < -0.3 is 24.2 Å². The van der Waals surface area contributed by atoms with Gasteiger partial charge in [0.1, 0.15) is 23.1 Å². The smallest absolute Gasteiger partial charge is 0.315 e. The van der Waals surface area contributed by atoms with Gasteiger partial charge in [0.2, 0.25) is 5.12 Å². The number of aliphatic carboxylic acids is 1. The largest absolute Gasteiger partial charge is 0.481 e. The minimum atomic E-state index is -1.20. The average Bonchev–Trinajstić information content (AvgIpc) is 2.81. The zero-order valence-electron chi connectivity index (χ0n) is 20.8. The molecular formula is C25H30O9S3. The fraction of sp³-hybridized carbons (Fsp3) is 0.480. The Bertz CT molecular complexity index is 1040. The van der Waals surface area contributed by atoms with E-state index in [2.05, 4.69) is 12.6 Å². The Labute approximate surface area is 229 Å². The van der Waals surface area contributed by atoms with Gasteiger partial charge in [0.05, 0.1) is 17.4 Å². The van der Waals surface area contributed by atoms with Crippen molar-refractivity contribution >= 4 is 75.7 Å². The summed E-state index contributed by atoms with van der Waals surface area (Å²) in [5.74, 6) is -5.54. The Kier molecular flexibility index (Phi) is 14.5. The fourth-order valence-electron chi connectivity index (χ4n) is 3.16. The number of carboxylic acid groups (broad SMARTS) is 1. The molecule has 0 radical (unpaired) electrons. The number of thioether (sulfide) groups is 2. The second-order valence-corrected chi connectivity index (χ2v) is 10.9. The molecule has 202 valence electrons. The van der Waals surface area contributed by atoms with Crippen LogP contribution in [0.1, 0.15) is 50.4 Å². The van der Waals surface area contributed by atoms with Crippen molar-refractivity contribution in [3.63, 3.8) is 0 Å². The Balaban J connectivity index is 2.96. The monoisotopic (exact) mass is 570 g/mol. The quantitative estimate of drug-likeness (QED) is 0.171. The highest BCUT2D eigenvalue weighted by atomic mass is 32.2. The van der Waals surface area contributed by atoms with Crippen molar-refractivity contribution in [3.05, 3.63) is 29.8 Å². The molecule has 1 N–H and O–H groups in total. The van der Waals surface area contributed by atoms with E-state index < -0.39 is 34.8 Å². The first kappa shape index (κ1) is 32.6. The van der Waals surface area contributed by atoms with Crippen molar-refractivity contribution in [1.29, 1.82) is 0 Å². The van der Waals surface area contributed by atoms with E-state index in [1.54, 1.807) is 6.07 Å². The number of ketones is 3. The summed E-state index contributed by atoms with van der Waals surface area (Å²) in [4.78, 5) is 84.0. The number of carbonyl (C=O) groups is 7. The molecule has 0 aromatic heterocycles. The molecule has 0 aliphatic rings. The Hall–Kier alpha value is -2.44. The summed E-state index contributed by atoms with van der Waals surface area (Å²) in [6.45, 7) is 3.93. The van der Waals surface area contributed by atoms with Crippen LogP contribution in [0.3, 0.4) is 0 Å². The maximum atomic E-state index is 12.9. The molecule has 3 unspecified atom stereocenters. The molecule has 0 amide bonds. The molecule has 0 aliphatic heterocycles. The predicted molar refractivity (Wildman–Crippen MR) is 144 cm³/mol. The van der Waals surface area contributed by atoms with Gasteiger partial charge in [-0.25, -0.2) is 0 Å². The number of esters is 1. The van der Waals surface area contributed by atoms with Crippen molar-refractivity contribution in [2.45, 2.75) is 40.0 Å². The molecule has 1 rings (SSSR count). The van der Waals surface area contributed by atoms with E-state index in [0.717, 1.165) is 11.8 Å². The lowest BCUT2D eigenvalue weighted by atomic mass is 10.1. The van der Waals surface area contributed by atoms with Crippen LogP contribution in [-0.4, -0.2) is 61.9 Å². The summed E-state index contributed by atoms with van der Waals surface area (Å²) in [5, 5.41) is 8.40. The molecule has 37 heavy (non-hydrogen) atoms. The average molecular weight is 571 g/mol. The highest BCUT2D eigenvalue weighted by molar-refractivity contribution is 8.14. The van der Waals surface area contributed by atoms with E-state index in [-0.39, 0.29) is 70.3 Å². The van der Waals surface area contributed by atoms with Gasteiger partial charge in [-0.3, -0.25) is 19.2 Å². The molecule has 3 atom stereocenters. The number of para-hydroxylation sites is 1. The molecule has 0 spiro atoms. The molecular weight excluding hydrogens is 540 g/mol. The standard InChI is InChI=1S/C25H30O9S3/c1-14(26)8-17(11-35)24(32)36-13-19(10-16(3)28)23(31)34-21-7-5-4-6-20(21)25(33)37-12-18(22(29)30)9-15(2)27/h4-7,17-19,35H,8-13H2,1-3H3,(H,29,30). The SMILES string of the molecule is CC(=O)CC(CSC(=O)c1ccccc1OC(=O)C(CSC(=O)C(CS)CC(C)=O)CC(C)=O)C(=O)O. The van der Waals surface area contributed by atoms with Gasteiger partial charge in [0, 0.05) is 42.4 Å². The van der Waals surface area contributed by atoms with Gasteiger partial charge in [-0.2, -0.15) is 12.6 Å². The molecule has 12 heteroatoms. The van der Waals surface area contributed by atoms with Crippen molar-refractivity contribution in [1.82, 2.24) is 0 Å². The second kappa shape index (κ2) is 16.4. The van der Waals surface area contributed by atoms with Gasteiger partial charge in [-0.05, 0) is 32.9 Å². The predicted octanol–water partition coefficient (Wildman–Crippen LogP) is 3.53. The molecule has 1 aromatic rings. The van der Waals surface area contributed by atoms with E-state index in [1.807, 2.05) is 0 Å². The molecule has 0 saturated heterocycles. The molecule has 0 fully saturated rings. The van der Waals surface area contributed by atoms with E-state index in [1.165, 1.54) is 39.0 Å². The maximum Gasteiger partial charge on any atom is 0.315 e. The Morgan fingerprint density at radius 2 is 1.32 bits per heavy atom. The highest BCUT2D eigenvalue weighted by Crippen LogP contribution is 2.28. The number of benzene rings is 1. The molecule has 0 aliphatic carbocycles. The number of carboxylic acids is 1. The summed E-state index contributed by atoms with van der Waals surface area (Å²) in [5.41, 5.74) is 0.0229. The van der Waals surface area contributed by atoms with Crippen molar-refractivity contribution in [2.24, 2.45) is 17.8 Å². The van der Waals surface area contributed by atoms with Crippen molar-refractivity contribution in [2.75, 3.05) is 17.3 Å². The third-order valence-electron chi connectivity index (χ3n) is 5.00. The van der Waals surface area contributed by atoms with Gasteiger partial charge in [-0.15, -0.1) is 0 Å². The van der Waals surface area contributed by atoms with Crippen LogP contribution < -0.4 is 4.74 Å². The van der Waals surface area contributed by atoms with E-state index >= 15 is 0 Å². The van der Waals surface area contributed by atoms with Gasteiger partial charge in [0.15, 0.2) is 5.12 Å². The molecule has 0 heterocycles. The van der Waals surface area contributed by atoms with E-state index in [9.17, 15) is 38.7 Å². The van der Waals surface area contributed by atoms with E-state index in [4.69, 9.17) is 4.74 Å². The van der Waals surface area contributed by atoms with Crippen LogP contribution in [0.4, 0.5) is 0 Å². The summed E-state index contributed by atoms with van der Waals surface area (Å²) in [6.07, 6.45) is -0.372. The maximum absolute atomic E-state index is 12.9.